The van der Waals surface area contributed by atoms with Gasteiger partial charge in [-0.15, -0.1) is 0 Å². The number of ether oxygens (including phenoxy) is 2. The van der Waals surface area contributed by atoms with Gasteiger partial charge in [-0.2, -0.15) is 0 Å². The summed E-state index contributed by atoms with van der Waals surface area (Å²) in [6, 6.07) is 6.93. The van der Waals surface area contributed by atoms with Crippen molar-refractivity contribution < 1.29 is 19.1 Å². The number of hydrogen-bond acceptors (Lipinski definition) is 4. The van der Waals surface area contributed by atoms with Crippen LogP contribution in [0.3, 0.4) is 0 Å². The Kier molecular flexibility index (Phi) is 6.66. The molecule has 0 N–H and O–H groups in total. The van der Waals surface area contributed by atoms with Gasteiger partial charge in [-0.05, 0) is 36.6 Å². The molecule has 1 rings (SSSR count). The van der Waals surface area contributed by atoms with Crippen molar-refractivity contribution in [2.24, 2.45) is 5.92 Å². The van der Waals surface area contributed by atoms with E-state index in [0.717, 1.165) is 12.0 Å². The van der Waals surface area contributed by atoms with Crippen LogP contribution in [0.4, 0.5) is 0 Å². The molecule has 4 heteroatoms. The molecule has 0 amide bonds. The fourth-order valence-electron chi connectivity index (χ4n) is 1.56. The molecule has 21 heavy (non-hydrogen) atoms. The maximum absolute atomic E-state index is 11.8. The number of carbonyl (C=O) groups is 2. The Hall–Kier alpha value is -2.10. The van der Waals surface area contributed by atoms with Gasteiger partial charge in [0.15, 0.2) is 0 Å². The Bertz CT molecular complexity index is 514. The summed E-state index contributed by atoms with van der Waals surface area (Å²) in [5.74, 6) is 0.184. The lowest BCUT2D eigenvalue weighted by atomic mass is 10.1. The van der Waals surface area contributed by atoms with E-state index < -0.39 is 0 Å². The zero-order chi connectivity index (χ0) is 15.8. The van der Waals surface area contributed by atoms with Crippen molar-refractivity contribution in [1.82, 2.24) is 0 Å². The van der Waals surface area contributed by atoms with Crippen molar-refractivity contribution in [3.8, 4) is 5.75 Å². The van der Waals surface area contributed by atoms with Gasteiger partial charge < -0.3 is 9.47 Å². The fraction of sp³-hybridized carbons (Fsp3) is 0.412. The molecule has 0 saturated carbocycles. The van der Waals surface area contributed by atoms with Gasteiger partial charge in [0.1, 0.15) is 5.75 Å². The van der Waals surface area contributed by atoms with Gasteiger partial charge in [0.2, 0.25) is 0 Å². The van der Waals surface area contributed by atoms with Crippen LogP contribution in [0.15, 0.2) is 29.8 Å². The van der Waals surface area contributed by atoms with Gasteiger partial charge >= 0.3 is 11.9 Å². The first-order chi connectivity index (χ1) is 9.92. The Morgan fingerprint density at radius 1 is 1.19 bits per heavy atom. The first-order valence-corrected chi connectivity index (χ1v) is 7.06. The van der Waals surface area contributed by atoms with Crippen LogP contribution in [-0.4, -0.2) is 18.5 Å². The predicted octanol–water partition coefficient (Wildman–Crippen LogP) is 3.60. The van der Waals surface area contributed by atoms with Crippen LogP contribution in [0.2, 0.25) is 0 Å². The molecule has 0 aliphatic carbocycles. The summed E-state index contributed by atoms with van der Waals surface area (Å²) in [6.45, 7) is 7.61. The van der Waals surface area contributed by atoms with E-state index in [1.54, 1.807) is 37.3 Å². The minimum atomic E-state index is -0.358. The van der Waals surface area contributed by atoms with Gasteiger partial charge in [-0.1, -0.05) is 32.4 Å². The second-order valence-electron chi connectivity index (χ2n) is 5.10. The molecule has 114 valence electrons. The zero-order valence-electron chi connectivity index (χ0n) is 13.0. The third-order valence-electron chi connectivity index (χ3n) is 3.04. The van der Waals surface area contributed by atoms with Crippen LogP contribution in [-0.2, 0) is 14.3 Å². The highest BCUT2D eigenvalue weighted by molar-refractivity contribution is 5.93. The van der Waals surface area contributed by atoms with E-state index in [1.807, 2.05) is 6.92 Å². The Labute approximate surface area is 125 Å². The van der Waals surface area contributed by atoms with Gasteiger partial charge in [0, 0.05) is 12.5 Å². The van der Waals surface area contributed by atoms with Crippen LogP contribution < -0.4 is 4.74 Å². The zero-order valence-corrected chi connectivity index (χ0v) is 13.0. The Balaban J connectivity index is 2.64. The van der Waals surface area contributed by atoms with Crippen molar-refractivity contribution in [3.63, 3.8) is 0 Å². The van der Waals surface area contributed by atoms with Gasteiger partial charge in [-0.3, -0.25) is 4.79 Å². The van der Waals surface area contributed by atoms with Gasteiger partial charge in [-0.25, -0.2) is 4.79 Å². The highest BCUT2D eigenvalue weighted by atomic mass is 16.5. The van der Waals surface area contributed by atoms with E-state index in [2.05, 4.69) is 6.92 Å². The molecule has 4 nitrogen and oxygen atoms in total. The smallest absolute Gasteiger partial charge is 0.333 e. The largest absolute Gasteiger partial charge is 0.462 e. The lowest BCUT2D eigenvalue weighted by molar-refractivity contribution is -0.140. The minimum Gasteiger partial charge on any atom is -0.462 e. The quantitative estimate of drug-likeness (QED) is 0.456. The van der Waals surface area contributed by atoms with Gasteiger partial charge in [0.25, 0.3) is 0 Å². The van der Waals surface area contributed by atoms with Crippen LogP contribution in [0.5, 0.6) is 5.75 Å². The standard InChI is InChI=1S/C17H22O4/c1-5-12(2)11-20-17(19)13(3)10-15-6-8-16(9-7-15)21-14(4)18/h6-10,12H,5,11H2,1-4H3/b13-10+. The number of carbonyl (C=O) groups excluding carboxylic acids is 2. The molecule has 0 spiro atoms. The number of hydrogen-bond donors (Lipinski definition) is 0. The second kappa shape index (κ2) is 8.25. The van der Waals surface area contributed by atoms with Crippen molar-refractivity contribution in [2.75, 3.05) is 6.61 Å². The third kappa shape index (κ3) is 6.25. The molecule has 0 aliphatic heterocycles. The lowest BCUT2D eigenvalue weighted by Crippen LogP contribution is -2.12. The minimum absolute atomic E-state index is 0.306. The maximum atomic E-state index is 11.8. The van der Waals surface area contributed by atoms with Crippen molar-refractivity contribution in [3.05, 3.63) is 35.4 Å². The summed E-state index contributed by atoms with van der Waals surface area (Å²) >= 11 is 0. The molecular formula is C17H22O4. The molecular weight excluding hydrogens is 268 g/mol. The molecule has 1 atom stereocenters. The molecule has 0 aromatic heterocycles. The second-order valence-corrected chi connectivity index (χ2v) is 5.10. The molecule has 0 heterocycles. The Morgan fingerprint density at radius 2 is 1.81 bits per heavy atom. The molecule has 0 radical (unpaired) electrons. The third-order valence-corrected chi connectivity index (χ3v) is 3.04. The molecule has 0 fully saturated rings. The van der Waals surface area contributed by atoms with E-state index in [-0.39, 0.29) is 11.9 Å². The van der Waals surface area contributed by atoms with Crippen LogP contribution in [0.25, 0.3) is 6.08 Å². The van der Waals surface area contributed by atoms with Crippen molar-refractivity contribution in [2.45, 2.75) is 34.1 Å². The average Bonchev–Trinajstić information content (AvgIpc) is 2.45. The summed E-state index contributed by atoms with van der Waals surface area (Å²) in [4.78, 5) is 22.6. The van der Waals surface area contributed by atoms with E-state index in [0.29, 0.717) is 23.8 Å². The highest BCUT2D eigenvalue weighted by Gasteiger charge is 2.08. The molecule has 1 aromatic rings. The molecule has 1 unspecified atom stereocenters. The SMILES string of the molecule is CCC(C)COC(=O)/C(C)=C/c1ccc(OC(C)=O)cc1. The molecule has 0 bridgehead atoms. The summed E-state index contributed by atoms with van der Waals surface area (Å²) in [5, 5.41) is 0. The lowest BCUT2D eigenvalue weighted by Gasteiger charge is -2.09. The predicted molar refractivity (Wildman–Crippen MR) is 81.8 cm³/mol. The topological polar surface area (TPSA) is 52.6 Å². The van der Waals surface area contributed by atoms with E-state index in [1.165, 1.54) is 6.92 Å². The summed E-state index contributed by atoms with van der Waals surface area (Å²) in [6.07, 6.45) is 2.73. The normalized spacial score (nSPS) is 12.7. The summed E-state index contributed by atoms with van der Waals surface area (Å²) in [5.41, 5.74) is 1.39. The summed E-state index contributed by atoms with van der Waals surface area (Å²) in [7, 11) is 0. The summed E-state index contributed by atoms with van der Waals surface area (Å²) < 4.78 is 10.2. The molecule has 0 aliphatic rings. The number of rotatable bonds is 6. The highest BCUT2D eigenvalue weighted by Crippen LogP contribution is 2.15. The van der Waals surface area contributed by atoms with Crippen LogP contribution in [0.1, 0.15) is 39.7 Å². The van der Waals surface area contributed by atoms with Crippen LogP contribution >= 0.6 is 0 Å². The van der Waals surface area contributed by atoms with E-state index in [9.17, 15) is 9.59 Å². The van der Waals surface area contributed by atoms with E-state index >= 15 is 0 Å². The first kappa shape index (κ1) is 17.0. The number of esters is 2. The maximum Gasteiger partial charge on any atom is 0.333 e. The van der Waals surface area contributed by atoms with Crippen molar-refractivity contribution >= 4 is 18.0 Å². The number of benzene rings is 1. The fourth-order valence-corrected chi connectivity index (χ4v) is 1.56. The van der Waals surface area contributed by atoms with Crippen molar-refractivity contribution in [1.29, 1.82) is 0 Å². The van der Waals surface area contributed by atoms with Crippen LogP contribution in [0, 0.1) is 5.92 Å². The monoisotopic (exact) mass is 290 g/mol. The van der Waals surface area contributed by atoms with Gasteiger partial charge in [0.05, 0.1) is 6.61 Å². The average molecular weight is 290 g/mol. The molecule has 1 aromatic carbocycles. The van der Waals surface area contributed by atoms with E-state index in [4.69, 9.17) is 9.47 Å². The Morgan fingerprint density at radius 3 is 2.33 bits per heavy atom. The molecule has 0 saturated heterocycles. The first-order valence-electron chi connectivity index (χ1n) is 7.06.